The van der Waals surface area contributed by atoms with Gasteiger partial charge < -0.3 is 14.6 Å². The number of benzene rings is 1. The fourth-order valence-electron chi connectivity index (χ4n) is 3.85. The van der Waals surface area contributed by atoms with Crippen molar-refractivity contribution in [2.45, 2.75) is 129 Å². The molecule has 0 atom stereocenters. The van der Waals surface area contributed by atoms with Gasteiger partial charge in [0.1, 0.15) is 12.4 Å². The third kappa shape index (κ3) is 26.6. The zero-order valence-electron chi connectivity index (χ0n) is 22.6. The van der Waals surface area contributed by atoms with Crippen LogP contribution in [0.5, 0.6) is 5.75 Å². The van der Waals surface area contributed by atoms with E-state index < -0.39 is 5.97 Å². The molecule has 5 nitrogen and oxygen atoms in total. The van der Waals surface area contributed by atoms with Crippen LogP contribution in [0.25, 0.3) is 0 Å². The monoisotopic (exact) mass is 492 g/mol. The molecule has 0 heterocycles. The minimum absolute atomic E-state index is 0.104. The second-order valence-corrected chi connectivity index (χ2v) is 9.22. The maximum atomic E-state index is 11.8. The highest BCUT2D eigenvalue weighted by atomic mass is 16.5. The molecule has 1 rings (SSSR count). The number of carbonyl (C=O) groups is 2. The molecule has 0 aliphatic heterocycles. The molecule has 0 spiro atoms. The highest BCUT2D eigenvalue weighted by Gasteiger charge is 2.04. The highest BCUT2D eigenvalue weighted by molar-refractivity contribution is 5.72. The van der Waals surface area contributed by atoms with Crippen LogP contribution >= 0.6 is 0 Å². The van der Waals surface area contributed by atoms with Gasteiger partial charge in [0.15, 0.2) is 0 Å². The van der Waals surface area contributed by atoms with E-state index in [4.69, 9.17) is 9.84 Å². The number of aliphatic carboxylic acids is 1. The number of para-hydroxylation sites is 1. The van der Waals surface area contributed by atoms with Crippen molar-refractivity contribution in [1.82, 2.24) is 0 Å². The van der Waals surface area contributed by atoms with E-state index in [0.29, 0.717) is 18.8 Å². The number of rotatable bonds is 22. The molecule has 0 saturated heterocycles. The van der Waals surface area contributed by atoms with Crippen molar-refractivity contribution < 1.29 is 24.2 Å². The van der Waals surface area contributed by atoms with Gasteiger partial charge in [-0.3, -0.25) is 4.79 Å². The van der Waals surface area contributed by atoms with Gasteiger partial charge in [-0.15, -0.1) is 0 Å². The minimum atomic E-state index is -0.915. The quantitative estimate of drug-likeness (QED) is 0.0995. The van der Waals surface area contributed by atoms with Gasteiger partial charge in [0, 0.05) is 13.0 Å². The van der Waals surface area contributed by atoms with E-state index in [-0.39, 0.29) is 12.6 Å². The van der Waals surface area contributed by atoms with E-state index in [9.17, 15) is 9.59 Å². The molecule has 202 valence electrons. The van der Waals surface area contributed by atoms with Crippen LogP contribution in [-0.4, -0.2) is 30.3 Å². The molecule has 1 aromatic carbocycles. The van der Waals surface area contributed by atoms with Crippen LogP contribution in [0.2, 0.25) is 0 Å². The molecular weight excluding hydrogens is 440 g/mol. The fraction of sp³-hybridized carbons (Fsp3) is 0.733. The molecule has 0 amide bonds. The average molecular weight is 493 g/mol. The lowest BCUT2D eigenvalue weighted by atomic mass is 10.0. The first-order valence-electron chi connectivity index (χ1n) is 14.1. The summed E-state index contributed by atoms with van der Waals surface area (Å²) in [5.41, 5.74) is 0. The van der Waals surface area contributed by atoms with Crippen molar-refractivity contribution in [3.63, 3.8) is 0 Å². The Hall–Kier alpha value is -1.88. The Labute approximate surface area is 215 Å². The minimum Gasteiger partial charge on any atom is -0.480 e. The van der Waals surface area contributed by atoms with Gasteiger partial charge in [-0.1, -0.05) is 128 Å². The van der Waals surface area contributed by atoms with Crippen LogP contribution < -0.4 is 4.74 Å². The maximum absolute atomic E-state index is 11.8. The number of ether oxygens (including phenoxy) is 2. The van der Waals surface area contributed by atoms with Crippen molar-refractivity contribution in [3.05, 3.63) is 30.3 Å². The molecule has 1 N–H and O–H groups in total. The smallest absolute Gasteiger partial charge is 0.329 e. The summed E-state index contributed by atoms with van der Waals surface area (Å²) in [4.78, 5) is 21.4. The van der Waals surface area contributed by atoms with E-state index >= 15 is 0 Å². The summed E-state index contributed by atoms with van der Waals surface area (Å²) < 4.78 is 9.80. The summed E-state index contributed by atoms with van der Waals surface area (Å²) in [6.07, 6.45) is 23.6. The average Bonchev–Trinajstić information content (AvgIpc) is 2.85. The van der Waals surface area contributed by atoms with Crippen LogP contribution in [-0.2, 0) is 14.3 Å². The normalized spacial score (nSPS) is 10.5. The van der Waals surface area contributed by atoms with E-state index in [0.717, 1.165) is 12.8 Å². The standard InChI is InChI=1S/C26H44O2.C4H8O3/c1-2-3-4-5-6-7-8-9-10-11-12-13-14-15-16-17-21-24-26(27)28-25-22-19-18-20-23-25;1-2-7-3-4(5)6/h18-20,22-23H,2-17,21,24H2,1H3;2-3H2,1H3,(H,5,6). The SMILES string of the molecule is CCCCCCCCCCCCCCCCCCCC(=O)Oc1ccccc1.CCOCC(=O)O. The zero-order chi connectivity index (χ0) is 25.8. The summed E-state index contributed by atoms with van der Waals surface area (Å²) in [5, 5.41) is 7.92. The van der Waals surface area contributed by atoms with Gasteiger partial charge in [-0.2, -0.15) is 0 Å². The molecular formula is C30H52O5. The summed E-state index contributed by atoms with van der Waals surface area (Å²) in [7, 11) is 0. The Kier molecular flexibility index (Phi) is 25.3. The first-order chi connectivity index (χ1) is 17.1. The molecule has 0 aromatic heterocycles. The van der Waals surface area contributed by atoms with Crippen molar-refractivity contribution in [3.8, 4) is 5.75 Å². The largest absolute Gasteiger partial charge is 0.480 e. The summed E-state index contributed by atoms with van der Waals surface area (Å²) in [5.74, 6) is -0.367. The molecule has 0 bridgehead atoms. The van der Waals surface area contributed by atoms with Gasteiger partial charge in [0.25, 0.3) is 0 Å². The number of hydrogen-bond acceptors (Lipinski definition) is 4. The van der Waals surface area contributed by atoms with Crippen molar-refractivity contribution in [1.29, 1.82) is 0 Å². The van der Waals surface area contributed by atoms with Gasteiger partial charge >= 0.3 is 11.9 Å². The molecule has 0 radical (unpaired) electrons. The Morgan fingerprint density at radius 3 is 1.46 bits per heavy atom. The molecule has 35 heavy (non-hydrogen) atoms. The van der Waals surface area contributed by atoms with Gasteiger partial charge in [0.05, 0.1) is 0 Å². The number of carboxylic acid groups (broad SMARTS) is 1. The van der Waals surface area contributed by atoms with Crippen molar-refractivity contribution in [2.24, 2.45) is 0 Å². The zero-order valence-corrected chi connectivity index (χ0v) is 22.6. The summed E-state index contributed by atoms with van der Waals surface area (Å²) >= 11 is 0. The number of hydrogen-bond donors (Lipinski definition) is 1. The molecule has 0 fully saturated rings. The van der Waals surface area contributed by atoms with E-state index in [1.54, 1.807) is 6.92 Å². The van der Waals surface area contributed by atoms with Crippen LogP contribution in [0.1, 0.15) is 129 Å². The summed E-state index contributed by atoms with van der Waals surface area (Å²) in [6.45, 7) is 4.32. The van der Waals surface area contributed by atoms with Crippen LogP contribution in [0.4, 0.5) is 0 Å². The van der Waals surface area contributed by atoms with E-state index in [2.05, 4.69) is 11.7 Å². The topological polar surface area (TPSA) is 72.8 Å². The third-order valence-electron chi connectivity index (χ3n) is 5.89. The lowest BCUT2D eigenvalue weighted by Gasteiger charge is -2.05. The second-order valence-electron chi connectivity index (χ2n) is 9.22. The molecule has 0 unspecified atom stereocenters. The highest BCUT2D eigenvalue weighted by Crippen LogP contribution is 2.15. The Bertz CT molecular complexity index is 588. The Morgan fingerprint density at radius 1 is 0.657 bits per heavy atom. The number of unbranched alkanes of at least 4 members (excludes halogenated alkanes) is 16. The van der Waals surface area contributed by atoms with Crippen LogP contribution in [0, 0.1) is 0 Å². The number of carboxylic acids is 1. The lowest BCUT2D eigenvalue weighted by molar-refractivity contribution is -0.142. The Balaban J connectivity index is 0.00000143. The predicted molar refractivity (Wildman–Crippen MR) is 145 cm³/mol. The maximum Gasteiger partial charge on any atom is 0.329 e. The number of esters is 1. The Morgan fingerprint density at radius 2 is 1.09 bits per heavy atom. The molecule has 1 aromatic rings. The summed E-state index contributed by atoms with van der Waals surface area (Å²) in [6, 6.07) is 9.35. The van der Waals surface area contributed by atoms with Crippen LogP contribution in [0.15, 0.2) is 30.3 Å². The van der Waals surface area contributed by atoms with E-state index in [1.807, 2.05) is 30.3 Å². The second kappa shape index (κ2) is 26.7. The number of carbonyl (C=O) groups excluding carboxylic acids is 1. The third-order valence-corrected chi connectivity index (χ3v) is 5.89. The predicted octanol–water partition coefficient (Wildman–Crippen LogP) is 8.74. The molecule has 0 aliphatic rings. The lowest BCUT2D eigenvalue weighted by Crippen LogP contribution is -2.07. The van der Waals surface area contributed by atoms with Crippen molar-refractivity contribution >= 4 is 11.9 Å². The molecule has 0 saturated carbocycles. The first-order valence-corrected chi connectivity index (χ1v) is 14.1. The molecule has 0 aliphatic carbocycles. The van der Waals surface area contributed by atoms with Crippen LogP contribution in [0.3, 0.4) is 0 Å². The fourth-order valence-corrected chi connectivity index (χ4v) is 3.85. The van der Waals surface area contributed by atoms with E-state index in [1.165, 1.54) is 96.3 Å². The first kappa shape index (κ1) is 33.1. The van der Waals surface area contributed by atoms with Gasteiger partial charge in [-0.05, 0) is 25.5 Å². The van der Waals surface area contributed by atoms with Gasteiger partial charge in [-0.25, -0.2) is 4.79 Å². The molecule has 5 heteroatoms. The van der Waals surface area contributed by atoms with Gasteiger partial charge in [0.2, 0.25) is 0 Å². The van der Waals surface area contributed by atoms with Crippen molar-refractivity contribution in [2.75, 3.05) is 13.2 Å².